The summed E-state index contributed by atoms with van der Waals surface area (Å²) in [4.78, 5) is 2.47. The summed E-state index contributed by atoms with van der Waals surface area (Å²) >= 11 is 6.33. The molecule has 1 aliphatic rings. The summed E-state index contributed by atoms with van der Waals surface area (Å²) in [6.07, 6.45) is 3.44. The Balaban J connectivity index is 1.41. The SMILES string of the molecule is COc1ccc2c(Cc3ccc(OCCN4CCCC4)cc3)c(-c3cccc(Cl)c3)ccc2c1. The lowest BCUT2D eigenvalue weighted by Gasteiger charge is -2.16. The van der Waals surface area contributed by atoms with Gasteiger partial charge in [0, 0.05) is 11.6 Å². The molecule has 0 amide bonds. The van der Waals surface area contributed by atoms with Crippen molar-refractivity contribution >= 4 is 22.4 Å². The number of likely N-dealkylation sites (tertiary alicyclic amines) is 1. The summed E-state index contributed by atoms with van der Waals surface area (Å²) in [5.74, 6) is 1.80. The largest absolute Gasteiger partial charge is 0.497 e. The van der Waals surface area contributed by atoms with E-state index in [1.165, 1.54) is 53.4 Å². The van der Waals surface area contributed by atoms with Gasteiger partial charge in [-0.3, -0.25) is 4.90 Å². The second kappa shape index (κ2) is 10.5. The normalized spacial score (nSPS) is 13.9. The van der Waals surface area contributed by atoms with Crippen molar-refractivity contribution in [3.8, 4) is 22.6 Å². The molecule has 1 fully saturated rings. The van der Waals surface area contributed by atoms with Gasteiger partial charge >= 0.3 is 0 Å². The Hall–Kier alpha value is -3.01. The first-order chi connectivity index (χ1) is 16.7. The average molecular weight is 472 g/mol. The second-order valence-electron chi connectivity index (χ2n) is 8.91. The lowest BCUT2D eigenvalue weighted by atomic mass is 9.90. The third kappa shape index (κ3) is 5.22. The first kappa shape index (κ1) is 22.8. The quantitative estimate of drug-likeness (QED) is 0.270. The van der Waals surface area contributed by atoms with Crippen LogP contribution < -0.4 is 9.47 Å². The summed E-state index contributed by atoms with van der Waals surface area (Å²) in [6, 6.07) is 27.3. The van der Waals surface area contributed by atoms with Gasteiger partial charge in [-0.25, -0.2) is 0 Å². The van der Waals surface area contributed by atoms with Crippen LogP contribution in [0.1, 0.15) is 24.0 Å². The van der Waals surface area contributed by atoms with Gasteiger partial charge in [0.15, 0.2) is 0 Å². The Labute approximate surface area is 206 Å². The molecule has 0 radical (unpaired) electrons. The number of fused-ring (bicyclic) bond motifs is 1. The average Bonchev–Trinajstić information content (AvgIpc) is 3.38. The second-order valence-corrected chi connectivity index (χ2v) is 9.34. The van der Waals surface area contributed by atoms with Gasteiger partial charge in [0.2, 0.25) is 0 Å². The number of nitrogens with zero attached hydrogens (tertiary/aromatic N) is 1. The lowest BCUT2D eigenvalue weighted by Crippen LogP contribution is -2.25. The van der Waals surface area contributed by atoms with Gasteiger partial charge in [-0.05, 0) is 102 Å². The smallest absolute Gasteiger partial charge is 0.119 e. The van der Waals surface area contributed by atoms with Gasteiger partial charge in [-0.1, -0.05) is 54.1 Å². The molecule has 0 aliphatic carbocycles. The van der Waals surface area contributed by atoms with Crippen molar-refractivity contribution in [2.24, 2.45) is 0 Å². The molecular formula is C30H30ClNO2. The van der Waals surface area contributed by atoms with Crippen LogP contribution in [0.3, 0.4) is 0 Å². The number of benzene rings is 4. The number of methoxy groups -OCH3 is 1. The minimum absolute atomic E-state index is 0.740. The highest BCUT2D eigenvalue weighted by Gasteiger charge is 2.13. The molecule has 0 aromatic heterocycles. The number of rotatable bonds is 8. The predicted molar refractivity (Wildman–Crippen MR) is 141 cm³/mol. The highest BCUT2D eigenvalue weighted by molar-refractivity contribution is 6.30. The van der Waals surface area contributed by atoms with Gasteiger partial charge < -0.3 is 9.47 Å². The van der Waals surface area contributed by atoms with Crippen molar-refractivity contribution in [1.82, 2.24) is 4.90 Å². The standard InChI is InChI=1S/C30H30ClNO2/c1-33-27-12-14-29-24(21-27)9-13-28(23-5-4-6-25(31)20-23)30(29)19-22-7-10-26(11-8-22)34-18-17-32-15-2-3-16-32/h4-14,20-21H,2-3,15-19H2,1H3. The minimum atomic E-state index is 0.740. The molecule has 0 atom stereocenters. The molecule has 0 bridgehead atoms. The van der Waals surface area contributed by atoms with Gasteiger partial charge in [0.25, 0.3) is 0 Å². The molecule has 0 saturated carbocycles. The van der Waals surface area contributed by atoms with Gasteiger partial charge in [0.1, 0.15) is 18.1 Å². The fourth-order valence-corrected chi connectivity index (χ4v) is 5.01. The monoisotopic (exact) mass is 471 g/mol. The summed E-state index contributed by atoms with van der Waals surface area (Å²) in [7, 11) is 1.71. The highest BCUT2D eigenvalue weighted by Crippen LogP contribution is 2.35. The molecule has 1 saturated heterocycles. The molecule has 0 spiro atoms. The number of hydrogen-bond donors (Lipinski definition) is 0. The van der Waals surface area contributed by atoms with Crippen molar-refractivity contribution in [3.63, 3.8) is 0 Å². The Bertz CT molecular complexity index is 1260. The topological polar surface area (TPSA) is 21.7 Å². The molecule has 174 valence electrons. The van der Waals surface area contributed by atoms with E-state index in [2.05, 4.69) is 59.5 Å². The molecule has 1 aliphatic heterocycles. The van der Waals surface area contributed by atoms with Crippen molar-refractivity contribution in [1.29, 1.82) is 0 Å². The van der Waals surface area contributed by atoms with Crippen molar-refractivity contribution in [3.05, 3.63) is 95.0 Å². The van der Waals surface area contributed by atoms with Crippen LogP contribution in [0.5, 0.6) is 11.5 Å². The van der Waals surface area contributed by atoms with E-state index in [4.69, 9.17) is 21.1 Å². The third-order valence-corrected chi connectivity index (χ3v) is 6.89. The van der Waals surface area contributed by atoms with Crippen LogP contribution in [0.25, 0.3) is 21.9 Å². The van der Waals surface area contributed by atoms with Crippen LogP contribution in [-0.4, -0.2) is 38.3 Å². The zero-order valence-electron chi connectivity index (χ0n) is 19.6. The summed E-state index contributed by atoms with van der Waals surface area (Å²) in [6.45, 7) is 4.15. The van der Waals surface area contributed by atoms with E-state index in [1.54, 1.807) is 7.11 Å². The predicted octanol–water partition coefficient (Wildman–Crippen LogP) is 7.23. The van der Waals surface area contributed by atoms with Gasteiger partial charge in [-0.2, -0.15) is 0 Å². The molecular weight excluding hydrogens is 442 g/mol. The van der Waals surface area contributed by atoms with E-state index in [1.807, 2.05) is 24.3 Å². The van der Waals surface area contributed by atoms with E-state index in [9.17, 15) is 0 Å². The number of halogens is 1. The van der Waals surface area contributed by atoms with Crippen LogP contribution in [0.4, 0.5) is 0 Å². The zero-order chi connectivity index (χ0) is 23.3. The lowest BCUT2D eigenvalue weighted by molar-refractivity contribution is 0.238. The molecule has 1 heterocycles. The van der Waals surface area contributed by atoms with Crippen molar-refractivity contribution < 1.29 is 9.47 Å². The molecule has 3 nitrogen and oxygen atoms in total. The summed E-state index contributed by atoms with van der Waals surface area (Å²) in [5.41, 5.74) is 4.86. The molecule has 4 aromatic carbocycles. The first-order valence-electron chi connectivity index (χ1n) is 12.0. The van der Waals surface area contributed by atoms with E-state index in [0.29, 0.717) is 0 Å². The van der Waals surface area contributed by atoms with Crippen LogP contribution in [-0.2, 0) is 6.42 Å². The Morgan fingerprint density at radius 3 is 2.41 bits per heavy atom. The Morgan fingerprint density at radius 1 is 0.853 bits per heavy atom. The first-order valence-corrected chi connectivity index (χ1v) is 12.4. The third-order valence-electron chi connectivity index (χ3n) is 6.65. The molecule has 0 N–H and O–H groups in total. The van der Waals surface area contributed by atoms with Gasteiger partial charge in [0.05, 0.1) is 7.11 Å². The van der Waals surface area contributed by atoms with E-state index in [0.717, 1.165) is 41.7 Å². The van der Waals surface area contributed by atoms with Crippen LogP contribution in [0.15, 0.2) is 78.9 Å². The summed E-state index contributed by atoms with van der Waals surface area (Å²) in [5, 5.41) is 3.14. The fraction of sp³-hybridized carbons (Fsp3) is 0.267. The molecule has 0 unspecified atom stereocenters. The van der Waals surface area contributed by atoms with E-state index in [-0.39, 0.29) is 0 Å². The van der Waals surface area contributed by atoms with Gasteiger partial charge in [-0.15, -0.1) is 0 Å². The van der Waals surface area contributed by atoms with Crippen LogP contribution in [0, 0.1) is 0 Å². The molecule has 4 heteroatoms. The number of ether oxygens (including phenoxy) is 2. The minimum Gasteiger partial charge on any atom is -0.497 e. The highest BCUT2D eigenvalue weighted by atomic mass is 35.5. The molecule has 34 heavy (non-hydrogen) atoms. The maximum absolute atomic E-state index is 6.33. The fourth-order valence-electron chi connectivity index (χ4n) is 4.82. The zero-order valence-corrected chi connectivity index (χ0v) is 20.4. The Morgan fingerprint density at radius 2 is 1.65 bits per heavy atom. The molecule has 5 rings (SSSR count). The van der Waals surface area contributed by atoms with Crippen LogP contribution >= 0.6 is 11.6 Å². The maximum atomic E-state index is 6.33. The van der Waals surface area contributed by atoms with Crippen molar-refractivity contribution in [2.75, 3.05) is 33.4 Å². The van der Waals surface area contributed by atoms with Crippen molar-refractivity contribution in [2.45, 2.75) is 19.3 Å². The summed E-state index contributed by atoms with van der Waals surface area (Å²) < 4.78 is 11.5. The number of hydrogen-bond acceptors (Lipinski definition) is 3. The molecule has 4 aromatic rings. The Kier molecular flexibility index (Phi) is 7.03. The van der Waals surface area contributed by atoms with Crippen LogP contribution in [0.2, 0.25) is 5.02 Å². The van der Waals surface area contributed by atoms with E-state index >= 15 is 0 Å². The van der Waals surface area contributed by atoms with E-state index < -0.39 is 0 Å². The maximum Gasteiger partial charge on any atom is 0.119 e.